The van der Waals surface area contributed by atoms with Gasteiger partial charge in [0.2, 0.25) is 5.91 Å². The molecule has 1 unspecified atom stereocenters. The molecule has 0 N–H and O–H groups in total. The number of benzene rings is 1. The zero-order valence-corrected chi connectivity index (χ0v) is 8.42. The summed E-state index contributed by atoms with van der Waals surface area (Å²) < 4.78 is 0. The van der Waals surface area contributed by atoms with Crippen LogP contribution in [0.2, 0.25) is 5.02 Å². The van der Waals surface area contributed by atoms with Gasteiger partial charge in [0.05, 0.1) is 0 Å². The van der Waals surface area contributed by atoms with Crippen LogP contribution in [0.3, 0.4) is 0 Å². The van der Waals surface area contributed by atoms with Gasteiger partial charge in [-0.1, -0.05) is 11.6 Å². The molecule has 1 atom stereocenters. The summed E-state index contributed by atoms with van der Waals surface area (Å²) in [6, 6.07) is 5.81. The van der Waals surface area contributed by atoms with Gasteiger partial charge in [-0.15, -0.1) is 0 Å². The van der Waals surface area contributed by atoms with E-state index in [1.165, 1.54) is 5.56 Å². The fourth-order valence-corrected chi connectivity index (χ4v) is 2.63. The first kappa shape index (κ1) is 8.30. The maximum atomic E-state index is 11.6. The number of amides is 1. The van der Waals surface area contributed by atoms with Crippen LogP contribution < -0.4 is 4.90 Å². The summed E-state index contributed by atoms with van der Waals surface area (Å²) in [5, 5.41) is 0.768. The summed E-state index contributed by atoms with van der Waals surface area (Å²) in [6.07, 6.45) is 1.74. The zero-order chi connectivity index (χ0) is 9.71. The molecule has 0 radical (unpaired) electrons. The number of carbonyl (C=O) groups is 1. The first-order valence-corrected chi connectivity index (χ1v) is 5.23. The van der Waals surface area contributed by atoms with E-state index in [-0.39, 0.29) is 5.91 Å². The molecular formula is C11H10ClNO. The van der Waals surface area contributed by atoms with Crippen molar-refractivity contribution >= 4 is 23.2 Å². The quantitative estimate of drug-likeness (QED) is 0.640. The van der Waals surface area contributed by atoms with Crippen LogP contribution in [0, 0.1) is 0 Å². The molecule has 0 spiro atoms. The molecule has 1 aromatic rings. The van der Waals surface area contributed by atoms with E-state index >= 15 is 0 Å². The second kappa shape index (κ2) is 2.74. The van der Waals surface area contributed by atoms with Gasteiger partial charge in [-0.25, -0.2) is 0 Å². The smallest absolute Gasteiger partial charge is 0.227 e. The predicted molar refractivity (Wildman–Crippen MR) is 55.8 cm³/mol. The molecule has 0 aromatic heterocycles. The van der Waals surface area contributed by atoms with Crippen LogP contribution in [-0.2, 0) is 4.79 Å². The van der Waals surface area contributed by atoms with Gasteiger partial charge in [0.15, 0.2) is 0 Å². The molecule has 3 aliphatic heterocycles. The fraction of sp³-hybridized carbons (Fsp3) is 0.364. The second-order valence-electron chi connectivity index (χ2n) is 3.94. The molecule has 3 heteroatoms. The summed E-state index contributed by atoms with van der Waals surface area (Å²) in [7, 11) is 0. The third-order valence-electron chi connectivity index (χ3n) is 3.14. The van der Waals surface area contributed by atoms with Crippen LogP contribution >= 0.6 is 11.6 Å². The molecule has 1 amide bonds. The van der Waals surface area contributed by atoms with Crippen LogP contribution in [0.15, 0.2) is 18.2 Å². The number of carbonyl (C=O) groups excluding carboxylic acids is 1. The largest absolute Gasteiger partial charge is 0.312 e. The molecule has 1 saturated heterocycles. The summed E-state index contributed by atoms with van der Waals surface area (Å²) in [5.74, 6) is 0.664. The summed E-state index contributed by atoms with van der Waals surface area (Å²) in [4.78, 5) is 13.5. The van der Waals surface area contributed by atoms with E-state index in [0.717, 1.165) is 23.7 Å². The highest BCUT2D eigenvalue weighted by atomic mass is 35.5. The van der Waals surface area contributed by atoms with Crippen molar-refractivity contribution in [3.8, 4) is 0 Å². The van der Waals surface area contributed by atoms with Crippen molar-refractivity contribution < 1.29 is 4.79 Å². The Kier molecular flexibility index (Phi) is 1.62. The lowest BCUT2D eigenvalue weighted by molar-refractivity contribution is -0.120. The molecular weight excluding hydrogens is 198 g/mol. The van der Waals surface area contributed by atoms with E-state index in [9.17, 15) is 4.79 Å². The molecule has 2 nitrogen and oxygen atoms in total. The standard InChI is InChI=1S/C11H10ClNO/c12-8-1-2-10-9(6-8)7-3-4-13(10)11(14)5-7/h1-2,6-7H,3-5H2. The van der Waals surface area contributed by atoms with Crippen molar-refractivity contribution in [1.82, 2.24) is 0 Å². The van der Waals surface area contributed by atoms with Gasteiger partial charge in [0, 0.05) is 23.7 Å². The van der Waals surface area contributed by atoms with Crippen LogP contribution in [0.25, 0.3) is 0 Å². The molecule has 3 aliphatic rings. The van der Waals surface area contributed by atoms with Gasteiger partial charge in [-0.3, -0.25) is 4.79 Å². The number of anilines is 1. The summed E-state index contributed by atoms with van der Waals surface area (Å²) in [5.41, 5.74) is 2.32. The number of piperidine rings is 1. The van der Waals surface area contributed by atoms with Crippen LogP contribution in [-0.4, -0.2) is 12.5 Å². The van der Waals surface area contributed by atoms with Gasteiger partial charge in [0.1, 0.15) is 0 Å². The molecule has 14 heavy (non-hydrogen) atoms. The van der Waals surface area contributed by atoms with Gasteiger partial charge in [-0.05, 0) is 36.1 Å². The molecule has 4 rings (SSSR count). The first-order chi connectivity index (χ1) is 6.75. The lowest BCUT2D eigenvalue weighted by atomic mass is 9.83. The van der Waals surface area contributed by atoms with Gasteiger partial charge in [-0.2, -0.15) is 0 Å². The zero-order valence-electron chi connectivity index (χ0n) is 7.66. The van der Waals surface area contributed by atoms with Crippen LogP contribution in [0.4, 0.5) is 5.69 Å². The number of rotatable bonds is 0. The highest BCUT2D eigenvalue weighted by Gasteiger charge is 2.36. The topological polar surface area (TPSA) is 20.3 Å². The van der Waals surface area contributed by atoms with E-state index in [0.29, 0.717) is 12.3 Å². The molecule has 0 saturated carbocycles. The van der Waals surface area contributed by atoms with Crippen LogP contribution in [0.1, 0.15) is 24.3 Å². The van der Waals surface area contributed by atoms with Crippen LogP contribution in [0.5, 0.6) is 0 Å². The minimum absolute atomic E-state index is 0.260. The Bertz CT molecular complexity index is 416. The first-order valence-electron chi connectivity index (χ1n) is 4.85. The van der Waals surface area contributed by atoms with Gasteiger partial charge < -0.3 is 4.90 Å². The highest BCUT2D eigenvalue weighted by molar-refractivity contribution is 6.30. The van der Waals surface area contributed by atoms with E-state index in [1.807, 2.05) is 23.1 Å². The number of halogens is 1. The van der Waals surface area contributed by atoms with E-state index in [2.05, 4.69) is 0 Å². The normalized spacial score (nSPS) is 23.9. The fourth-order valence-electron chi connectivity index (χ4n) is 2.45. The molecule has 3 heterocycles. The third kappa shape index (κ3) is 1.01. The van der Waals surface area contributed by atoms with Crippen molar-refractivity contribution in [2.24, 2.45) is 0 Å². The monoisotopic (exact) mass is 207 g/mol. The van der Waals surface area contributed by atoms with E-state index in [4.69, 9.17) is 11.6 Å². The lowest BCUT2D eigenvalue weighted by Gasteiger charge is -2.40. The highest BCUT2D eigenvalue weighted by Crippen LogP contribution is 2.43. The Labute approximate surface area is 87.5 Å². The van der Waals surface area contributed by atoms with Gasteiger partial charge >= 0.3 is 0 Å². The predicted octanol–water partition coefficient (Wildman–Crippen LogP) is 2.56. The Morgan fingerprint density at radius 1 is 1.43 bits per heavy atom. The van der Waals surface area contributed by atoms with E-state index < -0.39 is 0 Å². The summed E-state index contributed by atoms with van der Waals surface area (Å²) in [6.45, 7) is 0.873. The maximum Gasteiger partial charge on any atom is 0.227 e. The van der Waals surface area contributed by atoms with Crippen molar-refractivity contribution in [2.75, 3.05) is 11.4 Å². The average Bonchev–Trinajstić information content (AvgIpc) is 2.18. The SMILES string of the molecule is O=C1CC2CCN1c1ccc(Cl)cc12. The number of hydrogen-bond donors (Lipinski definition) is 0. The van der Waals surface area contributed by atoms with Crippen molar-refractivity contribution in [3.63, 3.8) is 0 Å². The van der Waals surface area contributed by atoms with Crippen molar-refractivity contribution in [3.05, 3.63) is 28.8 Å². The second-order valence-corrected chi connectivity index (χ2v) is 4.37. The number of nitrogens with zero attached hydrogens (tertiary/aromatic N) is 1. The minimum atomic E-state index is 0.260. The molecule has 1 fully saturated rings. The molecule has 0 aliphatic carbocycles. The minimum Gasteiger partial charge on any atom is -0.312 e. The Balaban J connectivity index is 2.20. The van der Waals surface area contributed by atoms with Crippen molar-refractivity contribution in [2.45, 2.75) is 18.8 Å². The third-order valence-corrected chi connectivity index (χ3v) is 3.38. The van der Waals surface area contributed by atoms with Gasteiger partial charge in [0.25, 0.3) is 0 Å². The maximum absolute atomic E-state index is 11.6. The molecule has 72 valence electrons. The summed E-state index contributed by atoms with van der Waals surface area (Å²) >= 11 is 5.95. The Morgan fingerprint density at radius 3 is 3.07 bits per heavy atom. The Morgan fingerprint density at radius 2 is 2.29 bits per heavy atom. The lowest BCUT2D eigenvalue weighted by Crippen LogP contribution is -2.43. The number of hydrogen-bond acceptors (Lipinski definition) is 1. The average molecular weight is 208 g/mol. The van der Waals surface area contributed by atoms with Crippen molar-refractivity contribution in [1.29, 1.82) is 0 Å². The molecule has 2 bridgehead atoms. The molecule has 1 aromatic carbocycles. The number of fused-ring (bicyclic) bond motifs is 2. The van der Waals surface area contributed by atoms with E-state index in [1.54, 1.807) is 0 Å². The Hall–Kier alpha value is -1.02.